The summed E-state index contributed by atoms with van der Waals surface area (Å²) in [6.45, 7) is 1.83. The van der Waals surface area contributed by atoms with E-state index in [4.69, 9.17) is 16.3 Å². The van der Waals surface area contributed by atoms with Crippen LogP contribution in [0.25, 0.3) is 5.65 Å². The van der Waals surface area contributed by atoms with E-state index in [0.717, 1.165) is 0 Å². The van der Waals surface area contributed by atoms with Gasteiger partial charge < -0.3 is 9.47 Å². The number of pyridine rings is 1. The lowest BCUT2D eigenvalue weighted by Gasteiger charge is -2.08. The van der Waals surface area contributed by atoms with E-state index in [1.807, 2.05) is 6.92 Å². The number of nitrogens with zero attached hydrogens (tertiary/aromatic N) is 3. The van der Waals surface area contributed by atoms with Crippen LogP contribution in [0.5, 0.6) is 0 Å². The van der Waals surface area contributed by atoms with Crippen LogP contribution < -0.4 is 0 Å². The van der Waals surface area contributed by atoms with Crippen molar-refractivity contribution in [2.75, 3.05) is 14.2 Å². The molecule has 0 aliphatic rings. The second-order valence-electron chi connectivity index (χ2n) is 3.70. The SMILES string of the molecule is COC(=O)c1cc(Cl)c2nnc(C(C)OC)n2c1. The summed E-state index contributed by atoms with van der Waals surface area (Å²) in [6, 6.07) is 1.50. The van der Waals surface area contributed by atoms with Gasteiger partial charge in [0.1, 0.15) is 6.10 Å². The molecule has 0 saturated heterocycles. The first kappa shape index (κ1) is 12.8. The van der Waals surface area contributed by atoms with Gasteiger partial charge in [-0.1, -0.05) is 11.6 Å². The van der Waals surface area contributed by atoms with Crippen molar-refractivity contribution in [3.63, 3.8) is 0 Å². The van der Waals surface area contributed by atoms with Crippen molar-refractivity contribution in [2.45, 2.75) is 13.0 Å². The van der Waals surface area contributed by atoms with Crippen LogP contribution in [-0.2, 0) is 9.47 Å². The molecule has 1 unspecified atom stereocenters. The fraction of sp³-hybridized carbons (Fsp3) is 0.364. The van der Waals surface area contributed by atoms with Gasteiger partial charge in [0, 0.05) is 13.3 Å². The number of fused-ring (bicyclic) bond motifs is 1. The van der Waals surface area contributed by atoms with E-state index in [2.05, 4.69) is 14.9 Å². The first-order chi connectivity index (χ1) is 8.58. The number of rotatable bonds is 3. The Hall–Kier alpha value is -1.66. The highest BCUT2D eigenvalue weighted by Crippen LogP contribution is 2.22. The van der Waals surface area contributed by atoms with Crippen LogP contribution in [-0.4, -0.2) is 34.8 Å². The number of halogens is 1. The Morgan fingerprint density at radius 3 is 2.78 bits per heavy atom. The average molecular weight is 270 g/mol. The van der Waals surface area contributed by atoms with Gasteiger partial charge in [0.05, 0.1) is 17.7 Å². The zero-order chi connectivity index (χ0) is 13.3. The number of carbonyl (C=O) groups excluding carboxylic acids is 1. The Morgan fingerprint density at radius 2 is 2.17 bits per heavy atom. The molecular formula is C11H12ClN3O3. The van der Waals surface area contributed by atoms with Crippen LogP contribution in [0.3, 0.4) is 0 Å². The molecule has 7 heteroatoms. The molecule has 2 aromatic rings. The number of carbonyl (C=O) groups is 1. The minimum absolute atomic E-state index is 0.260. The first-order valence-corrected chi connectivity index (χ1v) is 5.61. The Bertz CT molecular complexity index is 596. The Labute approximate surface area is 108 Å². The monoisotopic (exact) mass is 269 g/mol. The molecule has 0 aliphatic carbocycles. The fourth-order valence-corrected chi connectivity index (χ4v) is 1.83. The van der Waals surface area contributed by atoms with Crippen LogP contribution in [0.4, 0.5) is 0 Å². The molecule has 6 nitrogen and oxygen atoms in total. The Kier molecular flexibility index (Phi) is 3.49. The third-order valence-corrected chi connectivity index (χ3v) is 2.90. The van der Waals surface area contributed by atoms with Gasteiger partial charge in [-0.15, -0.1) is 10.2 Å². The van der Waals surface area contributed by atoms with Gasteiger partial charge in [0.15, 0.2) is 11.5 Å². The molecule has 2 aromatic heterocycles. The predicted octanol–water partition coefficient (Wildman–Crippen LogP) is 1.88. The van der Waals surface area contributed by atoms with Crippen molar-refractivity contribution in [2.24, 2.45) is 0 Å². The molecule has 0 radical (unpaired) electrons. The summed E-state index contributed by atoms with van der Waals surface area (Å²) in [5.74, 6) is 0.101. The van der Waals surface area contributed by atoms with Gasteiger partial charge in [-0.05, 0) is 13.0 Å². The van der Waals surface area contributed by atoms with Gasteiger partial charge in [0.2, 0.25) is 0 Å². The highest BCUT2D eigenvalue weighted by molar-refractivity contribution is 6.33. The van der Waals surface area contributed by atoms with Gasteiger partial charge in [-0.3, -0.25) is 4.40 Å². The van der Waals surface area contributed by atoms with Gasteiger partial charge >= 0.3 is 5.97 Å². The van der Waals surface area contributed by atoms with E-state index < -0.39 is 5.97 Å². The maximum Gasteiger partial charge on any atom is 0.339 e. The molecule has 0 amide bonds. The van der Waals surface area contributed by atoms with Crippen molar-refractivity contribution < 1.29 is 14.3 Å². The molecule has 0 bridgehead atoms. The van der Waals surface area contributed by atoms with Crippen LogP contribution >= 0.6 is 11.6 Å². The van der Waals surface area contributed by atoms with Crippen LogP contribution in [0.1, 0.15) is 29.2 Å². The van der Waals surface area contributed by atoms with Crippen LogP contribution in [0, 0.1) is 0 Å². The molecule has 1 atom stereocenters. The third-order valence-electron chi connectivity index (χ3n) is 2.62. The summed E-state index contributed by atoms with van der Waals surface area (Å²) in [7, 11) is 2.88. The van der Waals surface area contributed by atoms with Crippen molar-refractivity contribution in [1.29, 1.82) is 0 Å². The average Bonchev–Trinajstić information content (AvgIpc) is 2.81. The molecule has 96 valence electrons. The van der Waals surface area contributed by atoms with Crippen molar-refractivity contribution in [1.82, 2.24) is 14.6 Å². The smallest absolute Gasteiger partial charge is 0.339 e. The lowest BCUT2D eigenvalue weighted by molar-refractivity contribution is 0.0600. The van der Waals surface area contributed by atoms with E-state index in [-0.39, 0.29) is 6.10 Å². The summed E-state index contributed by atoms with van der Waals surface area (Å²) in [4.78, 5) is 11.5. The van der Waals surface area contributed by atoms with Crippen molar-refractivity contribution in [3.05, 3.63) is 28.7 Å². The van der Waals surface area contributed by atoms with Crippen LogP contribution in [0.15, 0.2) is 12.3 Å². The normalized spacial score (nSPS) is 12.7. The number of hydrogen-bond donors (Lipinski definition) is 0. The third kappa shape index (κ3) is 2.04. The molecule has 0 saturated carbocycles. The van der Waals surface area contributed by atoms with Crippen molar-refractivity contribution >= 4 is 23.2 Å². The lowest BCUT2D eigenvalue weighted by Crippen LogP contribution is -2.07. The number of ether oxygens (including phenoxy) is 2. The largest absolute Gasteiger partial charge is 0.465 e. The highest BCUT2D eigenvalue weighted by Gasteiger charge is 2.17. The predicted molar refractivity (Wildman–Crippen MR) is 64.8 cm³/mol. The quantitative estimate of drug-likeness (QED) is 0.796. The zero-order valence-electron chi connectivity index (χ0n) is 10.2. The minimum Gasteiger partial charge on any atom is -0.465 e. The number of esters is 1. The summed E-state index contributed by atoms with van der Waals surface area (Å²) in [5.41, 5.74) is 0.808. The zero-order valence-corrected chi connectivity index (χ0v) is 10.9. The Balaban J connectivity index is 2.64. The molecule has 2 heterocycles. The standard InChI is InChI=1S/C11H12ClN3O3/c1-6(17-2)9-13-14-10-8(12)4-7(5-15(9)10)11(16)18-3/h4-6H,1-3H3. The first-order valence-electron chi connectivity index (χ1n) is 5.23. The maximum atomic E-state index is 11.5. The summed E-state index contributed by atoms with van der Waals surface area (Å²) >= 11 is 6.05. The molecule has 18 heavy (non-hydrogen) atoms. The fourth-order valence-electron chi connectivity index (χ4n) is 1.58. The molecule has 0 fully saturated rings. The topological polar surface area (TPSA) is 65.7 Å². The van der Waals surface area contributed by atoms with Crippen LogP contribution in [0.2, 0.25) is 5.02 Å². The minimum atomic E-state index is -0.469. The molecule has 0 aliphatic heterocycles. The number of aromatic nitrogens is 3. The second kappa shape index (κ2) is 4.91. The van der Waals surface area contributed by atoms with E-state index >= 15 is 0 Å². The molecule has 0 N–H and O–H groups in total. The van der Waals surface area contributed by atoms with Gasteiger partial charge in [-0.25, -0.2) is 4.79 Å². The summed E-state index contributed by atoms with van der Waals surface area (Å²) < 4.78 is 11.5. The highest BCUT2D eigenvalue weighted by atomic mass is 35.5. The van der Waals surface area contributed by atoms with Gasteiger partial charge in [0.25, 0.3) is 0 Å². The second-order valence-corrected chi connectivity index (χ2v) is 4.11. The lowest BCUT2D eigenvalue weighted by atomic mass is 10.3. The molecule has 2 rings (SSSR count). The van der Waals surface area contributed by atoms with E-state index in [0.29, 0.717) is 22.1 Å². The molecule has 0 aromatic carbocycles. The van der Waals surface area contributed by atoms with Crippen molar-refractivity contribution in [3.8, 4) is 0 Å². The summed E-state index contributed by atoms with van der Waals surface area (Å²) in [6.07, 6.45) is 1.32. The molecular weight excluding hydrogens is 258 g/mol. The van der Waals surface area contributed by atoms with E-state index in [9.17, 15) is 4.79 Å². The number of methoxy groups -OCH3 is 2. The molecule has 0 spiro atoms. The van der Waals surface area contributed by atoms with E-state index in [1.165, 1.54) is 13.2 Å². The maximum absolute atomic E-state index is 11.5. The Morgan fingerprint density at radius 1 is 1.44 bits per heavy atom. The van der Waals surface area contributed by atoms with E-state index in [1.54, 1.807) is 17.7 Å². The summed E-state index contributed by atoms with van der Waals surface area (Å²) in [5, 5.41) is 8.30. The van der Waals surface area contributed by atoms with Gasteiger partial charge in [-0.2, -0.15) is 0 Å². The number of hydrogen-bond acceptors (Lipinski definition) is 5.